The second kappa shape index (κ2) is 9.79. The van der Waals surface area contributed by atoms with E-state index in [1.165, 1.54) is 19.3 Å². The van der Waals surface area contributed by atoms with Crippen molar-refractivity contribution in [2.24, 2.45) is 5.92 Å². The van der Waals surface area contributed by atoms with Gasteiger partial charge < -0.3 is 10.2 Å². The van der Waals surface area contributed by atoms with Gasteiger partial charge in [0.25, 0.3) is 0 Å². The number of anilines is 2. The molecule has 7 nitrogen and oxygen atoms in total. The number of aromatic amines is 1. The van der Waals surface area contributed by atoms with Crippen molar-refractivity contribution in [2.45, 2.75) is 45.1 Å². The lowest BCUT2D eigenvalue weighted by Crippen LogP contribution is -2.49. The molecule has 1 aromatic heterocycles. The molecule has 0 bridgehead atoms. The van der Waals surface area contributed by atoms with Crippen LogP contribution in [0.3, 0.4) is 0 Å². The van der Waals surface area contributed by atoms with Gasteiger partial charge in [-0.05, 0) is 50.0 Å². The molecule has 1 aromatic carbocycles. The molecule has 3 N–H and O–H groups in total. The molecule has 1 heterocycles. The molecule has 1 aliphatic rings. The number of carbonyl (C=O) groups excluding carboxylic acids is 2. The van der Waals surface area contributed by atoms with Crippen LogP contribution in [0.15, 0.2) is 30.3 Å². The number of nitrogens with zero attached hydrogens (tertiary/aromatic N) is 2. The summed E-state index contributed by atoms with van der Waals surface area (Å²) in [5, 5.41) is 12.2. The molecule has 0 aliphatic heterocycles. The molecular weight excluding hydrogens is 394 g/mol. The molecule has 28 heavy (non-hydrogen) atoms. The van der Waals surface area contributed by atoms with Gasteiger partial charge in [0.2, 0.25) is 11.0 Å². The number of benzene rings is 1. The minimum absolute atomic E-state index is 0.124. The van der Waals surface area contributed by atoms with Crippen LogP contribution in [0.4, 0.5) is 15.6 Å². The molecule has 9 heteroatoms. The van der Waals surface area contributed by atoms with Gasteiger partial charge in [0.1, 0.15) is 6.04 Å². The molecule has 150 valence electrons. The molecule has 0 spiro atoms. The Morgan fingerprint density at radius 2 is 2.00 bits per heavy atom. The van der Waals surface area contributed by atoms with Crippen molar-refractivity contribution < 1.29 is 9.59 Å². The van der Waals surface area contributed by atoms with E-state index in [0.717, 1.165) is 29.9 Å². The Morgan fingerprint density at radius 3 is 2.64 bits per heavy atom. The number of H-pyrrole nitrogens is 1. The fourth-order valence-corrected chi connectivity index (χ4v) is 4.25. The van der Waals surface area contributed by atoms with Crippen LogP contribution in [0, 0.1) is 9.87 Å². The van der Waals surface area contributed by atoms with Gasteiger partial charge in [-0.1, -0.05) is 48.8 Å². The summed E-state index contributed by atoms with van der Waals surface area (Å²) in [6.07, 6.45) is 5.99. The number of hydrogen-bond acceptors (Lipinski definition) is 5. The number of amides is 3. The predicted octanol–water partition coefficient (Wildman–Crippen LogP) is 4.32. The van der Waals surface area contributed by atoms with Gasteiger partial charge >= 0.3 is 6.03 Å². The summed E-state index contributed by atoms with van der Waals surface area (Å²) in [5.41, 5.74) is 0.859. The molecule has 3 rings (SSSR count). The van der Waals surface area contributed by atoms with E-state index in [-0.39, 0.29) is 5.91 Å². The molecule has 1 atom stereocenters. The van der Waals surface area contributed by atoms with Gasteiger partial charge in [0, 0.05) is 12.2 Å². The van der Waals surface area contributed by atoms with Crippen molar-refractivity contribution in [3.63, 3.8) is 0 Å². The van der Waals surface area contributed by atoms with Crippen LogP contribution in [0.5, 0.6) is 0 Å². The van der Waals surface area contributed by atoms with Crippen LogP contribution < -0.4 is 15.5 Å². The number of para-hydroxylation sites is 1. The third-order valence-corrected chi connectivity index (χ3v) is 5.88. The summed E-state index contributed by atoms with van der Waals surface area (Å²) >= 11 is 6.11. The number of carbonyl (C=O) groups is 2. The zero-order chi connectivity index (χ0) is 19.9. The Morgan fingerprint density at radius 1 is 1.29 bits per heavy atom. The van der Waals surface area contributed by atoms with Crippen LogP contribution in [0.2, 0.25) is 0 Å². The van der Waals surface area contributed by atoms with Crippen LogP contribution >= 0.6 is 23.6 Å². The minimum Gasteiger partial charge on any atom is -0.326 e. The SMILES string of the molecule is C[C@H](NC(=O)Nc1n[nH]c(=S)s1)C(=O)N(CC1CCCCC1)c1ccccc1. The van der Waals surface area contributed by atoms with Crippen molar-refractivity contribution in [3.05, 3.63) is 34.3 Å². The molecule has 0 unspecified atom stereocenters. The third kappa shape index (κ3) is 5.62. The summed E-state index contributed by atoms with van der Waals surface area (Å²) < 4.78 is 0.474. The second-order valence-electron chi connectivity index (χ2n) is 7.03. The first-order valence-corrected chi connectivity index (χ1v) is 10.7. The Kier molecular flexibility index (Phi) is 7.16. The Hall–Kier alpha value is -2.26. The summed E-state index contributed by atoms with van der Waals surface area (Å²) in [7, 11) is 0. The smallest absolute Gasteiger partial charge is 0.321 e. The topological polar surface area (TPSA) is 90.1 Å². The molecule has 3 amide bonds. The highest BCUT2D eigenvalue weighted by atomic mass is 32.1. The summed E-state index contributed by atoms with van der Waals surface area (Å²) in [6.45, 7) is 2.38. The lowest BCUT2D eigenvalue weighted by molar-refractivity contribution is -0.120. The molecular formula is C19H25N5O2S2. The quantitative estimate of drug-likeness (QED) is 0.608. The Balaban J connectivity index is 1.66. The minimum atomic E-state index is -0.671. The summed E-state index contributed by atoms with van der Waals surface area (Å²) in [5.74, 6) is 0.372. The maximum atomic E-state index is 13.2. The van der Waals surface area contributed by atoms with E-state index in [4.69, 9.17) is 12.2 Å². The Bertz CT molecular complexity index is 845. The van der Waals surface area contributed by atoms with Crippen LogP contribution in [0.1, 0.15) is 39.0 Å². The second-order valence-corrected chi connectivity index (χ2v) is 8.69. The zero-order valence-electron chi connectivity index (χ0n) is 15.8. The average Bonchev–Trinajstić information content (AvgIpc) is 3.11. The first-order valence-electron chi connectivity index (χ1n) is 9.52. The number of nitrogens with one attached hydrogen (secondary N) is 3. The average molecular weight is 420 g/mol. The highest BCUT2D eigenvalue weighted by Gasteiger charge is 2.26. The number of aromatic nitrogens is 2. The lowest BCUT2D eigenvalue weighted by Gasteiger charge is -2.31. The fraction of sp³-hybridized carbons (Fsp3) is 0.474. The highest BCUT2D eigenvalue weighted by molar-refractivity contribution is 7.73. The van der Waals surface area contributed by atoms with Crippen molar-refractivity contribution in [1.82, 2.24) is 15.5 Å². The maximum Gasteiger partial charge on any atom is 0.321 e. The van der Waals surface area contributed by atoms with Gasteiger partial charge in [-0.3, -0.25) is 15.2 Å². The third-order valence-electron chi connectivity index (χ3n) is 4.88. The summed E-state index contributed by atoms with van der Waals surface area (Å²) in [4.78, 5) is 27.2. The molecule has 0 radical (unpaired) electrons. The van der Waals surface area contributed by atoms with Gasteiger partial charge in [-0.15, -0.1) is 5.10 Å². The van der Waals surface area contributed by atoms with E-state index in [1.54, 1.807) is 11.8 Å². The van der Waals surface area contributed by atoms with Gasteiger partial charge in [-0.2, -0.15) is 0 Å². The van der Waals surface area contributed by atoms with Crippen molar-refractivity contribution in [2.75, 3.05) is 16.8 Å². The van der Waals surface area contributed by atoms with E-state index in [2.05, 4.69) is 20.8 Å². The van der Waals surface area contributed by atoms with Crippen molar-refractivity contribution >= 4 is 46.3 Å². The number of rotatable bonds is 6. The van der Waals surface area contributed by atoms with Crippen molar-refractivity contribution in [1.29, 1.82) is 0 Å². The van der Waals surface area contributed by atoms with Crippen LogP contribution in [0.25, 0.3) is 0 Å². The molecule has 1 saturated carbocycles. The molecule has 0 saturated heterocycles. The normalized spacial score (nSPS) is 15.6. The number of urea groups is 1. The van der Waals surface area contributed by atoms with Crippen LogP contribution in [-0.4, -0.2) is 34.7 Å². The zero-order valence-corrected chi connectivity index (χ0v) is 17.4. The van der Waals surface area contributed by atoms with E-state index in [0.29, 0.717) is 21.5 Å². The van der Waals surface area contributed by atoms with E-state index >= 15 is 0 Å². The number of hydrogen-bond donors (Lipinski definition) is 3. The van der Waals surface area contributed by atoms with Gasteiger partial charge in [0.15, 0.2) is 3.95 Å². The Labute approximate surface area is 173 Å². The van der Waals surface area contributed by atoms with E-state index in [1.807, 2.05) is 30.3 Å². The highest BCUT2D eigenvalue weighted by Crippen LogP contribution is 2.27. The summed E-state index contributed by atoms with van der Waals surface area (Å²) in [6, 6.07) is 8.49. The monoisotopic (exact) mass is 419 g/mol. The van der Waals surface area contributed by atoms with E-state index in [9.17, 15) is 9.59 Å². The maximum absolute atomic E-state index is 13.2. The predicted molar refractivity (Wildman–Crippen MR) is 114 cm³/mol. The first kappa shape index (κ1) is 20.5. The van der Waals surface area contributed by atoms with E-state index < -0.39 is 12.1 Å². The molecule has 1 aliphatic carbocycles. The van der Waals surface area contributed by atoms with Crippen LogP contribution in [-0.2, 0) is 4.79 Å². The van der Waals surface area contributed by atoms with Gasteiger partial charge in [0.05, 0.1) is 0 Å². The fourth-order valence-electron chi connectivity index (χ4n) is 3.47. The standard InChI is InChI=1S/C19H25N5O2S2/c1-13(20-17(26)21-18-22-23-19(27)28-18)16(25)24(15-10-6-3-7-11-15)12-14-8-4-2-5-9-14/h3,6-7,10-11,13-14H,2,4-5,8-9,12H2,1H3,(H,23,27)(H2,20,21,22,26)/t13-/m0/s1. The van der Waals surface area contributed by atoms with Crippen molar-refractivity contribution in [3.8, 4) is 0 Å². The molecule has 2 aromatic rings. The molecule has 1 fully saturated rings. The largest absolute Gasteiger partial charge is 0.326 e. The lowest BCUT2D eigenvalue weighted by atomic mass is 9.88. The first-order chi connectivity index (χ1) is 13.5. The van der Waals surface area contributed by atoms with Gasteiger partial charge in [-0.25, -0.2) is 4.79 Å².